The topological polar surface area (TPSA) is 83.4 Å². The van der Waals surface area contributed by atoms with Crippen molar-refractivity contribution < 1.29 is 0 Å². The van der Waals surface area contributed by atoms with E-state index in [9.17, 15) is 0 Å². The summed E-state index contributed by atoms with van der Waals surface area (Å²) < 4.78 is 1.82. The number of nitrogens with zero attached hydrogens (tertiary/aromatic N) is 4. The van der Waals surface area contributed by atoms with Gasteiger partial charge in [0.2, 0.25) is 0 Å². The first-order chi connectivity index (χ1) is 11.2. The number of nitrogens with one attached hydrogen (secondary N) is 3. The van der Waals surface area contributed by atoms with Gasteiger partial charge in [-0.05, 0) is 26.0 Å². The lowest BCUT2D eigenvalue weighted by atomic mass is 10.2. The van der Waals surface area contributed by atoms with E-state index in [4.69, 9.17) is 0 Å². The number of anilines is 1. The molecule has 0 saturated carbocycles. The number of para-hydroxylation sites is 1. The van der Waals surface area contributed by atoms with E-state index >= 15 is 0 Å². The van der Waals surface area contributed by atoms with E-state index in [0.717, 1.165) is 33.2 Å². The Bertz CT molecular complexity index is 1010. The van der Waals surface area contributed by atoms with Gasteiger partial charge in [-0.3, -0.25) is 0 Å². The number of aromatic nitrogens is 5. The van der Waals surface area contributed by atoms with E-state index in [1.54, 1.807) is 7.05 Å². The zero-order valence-electron chi connectivity index (χ0n) is 13.2. The van der Waals surface area contributed by atoms with E-state index in [0.29, 0.717) is 11.6 Å². The summed E-state index contributed by atoms with van der Waals surface area (Å²) in [6, 6.07) is 10.2. The molecule has 0 radical (unpaired) electrons. The molecule has 0 unspecified atom stereocenters. The summed E-state index contributed by atoms with van der Waals surface area (Å²) in [6.07, 6.45) is 0. The molecule has 0 saturated heterocycles. The number of fused-ring (bicyclic) bond motifs is 3. The summed E-state index contributed by atoms with van der Waals surface area (Å²) in [7, 11) is 1.80. The molecule has 0 spiro atoms. The van der Waals surface area contributed by atoms with E-state index in [1.807, 2.05) is 42.8 Å². The van der Waals surface area contributed by atoms with Crippen molar-refractivity contribution in [3.05, 3.63) is 41.7 Å². The summed E-state index contributed by atoms with van der Waals surface area (Å²) in [5.74, 6) is 1.38. The van der Waals surface area contributed by atoms with Crippen LogP contribution in [0.15, 0.2) is 30.3 Å². The van der Waals surface area contributed by atoms with Crippen LogP contribution in [0.4, 0.5) is 5.82 Å². The minimum absolute atomic E-state index is 0.685. The van der Waals surface area contributed by atoms with E-state index in [-0.39, 0.29) is 0 Å². The highest BCUT2D eigenvalue weighted by Gasteiger charge is 2.17. The molecule has 7 heteroatoms. The van der Waals surface area contributed by atoms with Crippen LogP contribution in [0.2, 0.25) is 0 Å². The smallest absolute Gasteiger partial charge is 0.200 e. The molecule has 0 aliphatic rings. The van der Waals surface area contributed by atoms with Crippen molar-refractivity contribution in [1.29, 1.82) is 0 Å². The highest BCUT2D eigenvalue weighted by Crippen LogP contribution is 2.32. The summed E-state index contributed by atoms with van der Waals surface area (Å²) in [4.78, 5) is 3.45. The Kier molecular flexibility index (Phi) is 3.02. The van der Waals surface area contributed by atoms with Crippen molar-refractivity contribution in [2.24, 2.45) is 0 Å². The maximum Gasteiger partial charge on any atom is 0.200 e. The predicted octanol–water partition coefficient (Wildman–Crippen LogP) is 2.46. The summed E-state index contributed by atoms with van der Waals surface area (Å²) in [5.41, 5.74) is 9.89. The first-order valence-electron chi connectivity index (χ1n) is 7.42. The van der Waals surface area contributed by atoms with Crippen molar-refractivity contribution >= 4 is 27.6 Å². The highest BCUT2D eigenvalue weighted by atomic mass is 15.4. The maximum atomic E-state index is 4.53. The molecule has 116 valence electrons. The van der Waals surface area contributed by atoms with Crippen molar-refractivity contribution in [3.8, 4) is 5.82 Å². The number of aryl methyl sites for hydroxylation is 2. The molecule has 0 aliphatic heterocycles. The van der Waals surface area contributed by atoms with Gasteiger partial charge in [0.15, 0.2) is 11.6 Å². The van der Waals surface area contributed by atoms with Gasteiger partial charge in [-0.25, -0.2) is 10.1 Å². The molecule has 23 heavy (non-hydrogen) atoms. The molecule has 0 atom stereocenters. The standard InChI is InChI=1S/C16H17N7/c1-9-8-10(2)23(22-9)16-14-13(15(19-17-3)20-21-16)11-6-4-5-7-12(11)18-14/h4-8,17-18H,1-3H3,(H,19,20). The largest absolute Gasteiger partial charge is 0.351 e. The van der Waals surface area contributed by atoms with Crippen LogP contribution < -0.4 is 10.9 Å². The first-order valence-corrected chi connectivity index (χ1v) is 7.42. The second-order valence-corrected chi connectivity index (χ2v) is 5.51. The van der Waals surface area contributed by atoms with Gasteiger partial charge in [-0.15, -0.1) is 10.2 Å². The SMILES string of the molecule is CNNc1nnc(-n2nc(C)cc2C)c2[nH]c3ccccc3c12. The van der Waals surface area contributed by atoms with Gasteiger partial charge in [0.1, 0.15) is 0 Å². The van der Waals surface area contributed by atoms with Crippen molar-refractivity contribution in [2.75, 3.05) is 12.5 Å². The Morgan fingerprint density at radius 1 is 1.13 bits per heavy atom. The number of rotatable bonds is 3. The maximum absolute atomic E-state index is 4.53. The normalized spacial score (nSPS) is 11.4. The van der Waals surface area contributed by atoms with Crippen molar-refractivity contribution in [1.82, 2.24) is 30.4 Å². The molecule has 0 bridgehead atoms. The Morgan fingerprint density at radius 2 is 1.96 bits per heavy atom. The molecule has 0 amide bonds. The van der Waals surface area contributed by atoms with Crippen molar-refractivity contribution in [2.45, 2.75) is 13.8 Å². The average Bonchev–Trinajstić information content (AvgIpc) is 3.08. The van der Waals surface area contributed by atoms with Crippen LogP contribution in [0.5, 0.6) is 0 Å². The van der Waals surface area contributed by atoms with E-state index in [2.05, 4.69) is 37.2 Å². The number of hydrogen-bond acceptors (Lipinski definition) is 5. The lowest BCUT2D eigenvalue weighted by Gasteiger charge is -2.08. The average molecular weight is 307 g/mol. The predicted molar refractivity (Wildman–Crippen MR) is 90.7 cm³/mol. The van der Waals surface area contributed by atoms with Gasteiger partial charge in [-0.2, -0.15) is 5.10 Å². The number of hydrogen-bond donors (Lipinski definition) is 3. The third kappa shape index (κ3) is 2.05. The Morgan fingerprint density at radius 3 is 2.70 bits per heavy atom. The minimum Gasteiger partial charge on any atom is -0.351 e. The fourth-order valence-electron chi connectivity index (χ4n) is 2.95. The minimum atomic E-state index is 0.685. The molecule has 3 heterocycles. The van der Waals surface area contributed by atoms with Crippen LogP contribution in [0.3, 0.4) is 0 Å². The highest BCUT2D eigenvalue weighted by molar-refractivity contribution is 6.14. The quantitative estimate of drug-likeness (QED) is 0.506. The molecule has 4 aromatic rings. The fraction of sp³-hybridized carbons (Fsp3) is 0.188. The summed E-state index contributed by atoms with van der Waals surface area (Å²) in [6.45, 7) is 3.98. The van der Waals surface area contributed by atoms with Gasteiger partial charge >= 0.3 is 0 Å². The Labute approximate surface area is 132 Å². The Hall–Kier alpha value is -2.93. The molecule has 3 N–H and O–H groups in total. The second kappa shape index (κ2) is 5.06. The second-order valence-electron chi connectivity index (χ2n) is 5.51. The molecule has 0 aliphatic carbocycles. The molecule has 4 rings (SSSR count). The number of hydrazine groups is 1. The van der Waals surface area contributed by atoms with Crippen LogP contribution in [-0.4, -0.2) is 32.0 Å². The monoisotopic (exact) mass is 307 g/mol. The van der Waals surface area contributed by atoms with Gasteiger partial charge in [0, 0.05) is 23.6 Å². The first kappa shape index (κ1) is 13.7. The number of benzene rings is 1. The van der Waals surface area contributed by atoms with Crippen LogP contribution >= 0.6 is 0 Å². The third-order valence-electron chi connectivity index (χ3n) is 3.86. The lowest BCUT2D eigenvalue weighted by Crippen LogP contribution is -2.17. The molecule has 7 nitrogen and oxygen atoms in total. The van der Waals surface area contributed by atoms with Crippen LogP contribution in [0, 0.1) is 13.8 Å². The molecular formula is C16H17N7. The van der Waals surface area contributed by atoms with Crippen LogP contribution in [0.25, 0.3) is 27.6 Å². The van der Waals surface area contributed by atoms with Gasteiger partial charge in [0.05, 0.1) is 16.6 Å². The zero-order valence-corrected chi connectivity index (χ0v) is 13.2. The number of aromatic amines is 1. The van der Waals surface area contributed by atoms with Crippen LogP contribution in [0.1, 0.15) is 11.4 Å². The van der Waals surface area contributed by atoms with Crippen LogP contribution in [-0.2, 0) is 0 Å². The summed E-state index contributed by atoms with van der Waals surface area (Å²) >= 11 is 0. The molecule has 0 fully saturated rings. The van der Waals surface area contributed by atoms with E-state index < -0.39 is 0 Å². The molecule has 1 aromatic carbocycles. The van der Waals surface area contributed by atoms with Gasteiger partial charge in [0.25, 0.3) is 0 Å². The van der Waals surface area contributed by atoms with Gasteiger partial charge < -0.3 is 10.4 Å². The third-order valence-corrected chi connectivity index (χ3v) is 3.86. The fourth-order valence-corrected chi connectivity index (χ4v) is 2.95. The van der Waals surface area contributed by atoms with E-state index in [1.165, 1.54) is 0 Å². The lowest BCUT2D eigenvalue weighted by molar-refractivity contribution is 0.787. The molecule has 3 aromatic heterocycles. The number of H-pyrrole nitrogens is 1. The Balaban J connectivity index is 2.11. The van der Waals surface area contributed by atoms with Gasteiger partial charge in [-0.1, -0.05) is 18.2 Å². The molecular weight excluding hydrogens is 290 g/mol. The summed E-state index contributed by atoms with van der Waals surface area (Å²) in [5, 5.41) is 15.3. The van der Waals surface area contributed by atoms with Crippen molar-refractivity contribution in [3.63, 3.8) is 0 Å². The zero-order chi connectivity index (χ0) is 16.0.